The highest BCUT2D eigenvalue weighted by Crippen LogP contribution is 2.30. The number of methoxy groups -OCH3 is 1. The van der Waals surface area contributed by atoms with Crippen molar-refractivity contribution in [2.75, 3.05) is 45.4 Å². The SMILES string of the molecule is CCOc1cc(NC(=NC)NC[C@H]2CCCN2S(C)(=O)=O)ccc1OC. The molecule has 1 aromatic rings. The van der Waals surface area contributed by atoms with Crippen molar-refractivity contribution in [1.82, 2.24) is 9.62 Å². The molecule has 8 nitrogen and oxygen atoms in total. The van der Waals surface area contributed by atoms with E-state index >= 15 is 0 Å². The highest BCUT2D eigenvalue weighted by Gasteiger charge is 2.31. The molecule has 0 unspecified atom stereocenters. The molecular formula is C17H28N4O4S. The summed E-state index contributed by atoms with van der Waals surface area (Å²) in [5.74, 6) is 1.88. The highest BCUT2D eigenvalue weighted by atomic mass is 32.2. The van der Waals surface area contributed by atoms with Crippen LogP contribution < -0.4 is 20.1 Å². The third-order valence-corrected chi connectivity index (χ3v) is 5.54. The Morgan fingerprint density at radius 1 is 1.38 bits per heavy atom. The Hall–Kier alpha value is -2.00. The molecule has 0 saturated carbocycles. The molecule has 1 fully saturated rings. The second kappa shape index (κ2) is 9.09. The third kappa shape index (κ3) is 5.25. The Morgan fingerprint density at radius 3 is 2.77 bits per heavy atom. The quantitative estimate of drug-likeness (QED) is 0.547. The van der Waals surface area contributed by atoms with E-state index in [-0.39, 0.29) is 6.04 Å². The van der Waals surface area contributed by atoms with E-state index in [0.717, 1.165) is 18.5 Å². The largest absolute Gasteiger partial charge is 0.493 e. The first-order valence-electron chi connectivity index (χ1n) is 8.64. The first-order chi connectivity index (χ1) is 12.4. The molecule has 0 amide bonds. The molecule has 1 atom stereocenters. The number of rotatable bonds is 7. The second-order valence-electron chi connectivity index (χ2n) is 6.05. The molecule has 1 heterocycles. The van der Waals surface area contributed by atoms with E-state index in [0.29, 0.717) is 37.2 Å². The summed E-state index contributed by atoms with van der Waals surface area (Å²) < 4.78 is 36.1. The summed E-state index contributed by atoms with van der Waals surface area (Å²) in [6.07, 6.45) is 2.97. The van der Waals surface area contributed by atoms with Gasteiger partial charge < -0.3 is 20.1 Å². The number of anilines is 1. The van der Waals surface area contributed by atoms with E-state index < -0.39 is 10.0 Å². The van der Waals surface area contributed by atoms with Crippen molar-refractivity contribution in [2.24, 2.45) is 4.99 Å². The van der Waals surface area contributed by atoms with Gasteiger partial charge in [0.05, 0.1) is 20.0 Å². The topological polar surface area (TPSA) is 92.3 Å². The third-order valence-electron chi connectivity index (χ3n) is 4.20. The molecule has 0 spiro atoms. The van der Waals surface area contributed by atoms with Gasteiger partial charge in [-0.2, -0.15) is 4.31 Å². The molecule has 0 aliphatic carbocycles. The van der Waals surface area contributed by atoms with Crippen LogP contribution in [0.1, 0.15) is 19.8 Å². The number of hydrogen-bond donors (Lipinski definition) is 2. The number of aliphatic imine (C=N–C) groups is 1. The van der Waals surface area contributed by atoms with Crippen molar-refractivity contribution in [3.8, 4) is 11.5 Å². The van der Waals surface area contributed by atoms with Crippen LogP contribution in [-0.2, 0) is 10.0 Å². The normalized spacial score (nSPS) is 18.6. The van der Waals surface area contributed by atoms with Gasteiger partial charge in [-0.25, -0.2) is 8.42 Å². The number of nitrogens with one attached hydrogen (secondary N) is 2. The molecule has 26 heavy (non-hydrogen) atoms. The van der Waals surface area contributed by atoms with Gasteiger partial charge in [0, 0.05) is 37.9 Å². The van der Waals surface area contributed by atoms with Gasteiger partial charge in [-0.15, -0.1) is 0 Å². The Labute approximate surface area is 155 Å². The predicted molar refractivity (Wildman–Crippen MR) is 104 cm³/mol. The van der Waals surface area contributed by atoms with Gasteiger partial charge >= 0.3 is 0 Å². The van der Waals surface area contributed by atoms with Gasteiger partial charge in [0.15, 0.2) is 17.5 Å². The molecule has 2 rings (SSSR count). The number of sulfonamides is 1. The van der Waals surface area contributed by atoms with Crippen molar-refractivity contribution in [3.63, 3.8) is 0 Å². The van der Waals surface area contributed by atoms with Crippen molar-refractivity contribution in [2.45, 2.75) is 25.8 Å². The average Bonchev–Trinajstić information content (AvgIpc) is 3.08. The van der Waals surface area contributed by atoms with Crippen LogP contribution in [0, 0.1) is 0 Å². The van der Waals surface area contributed by atoms with Crippen LogP contribution >= 0.6 is 0 Å². The Morgan fingerprint density at radius 2 is 2.15 bits per heavy atom. The molecule has 146 valence electrons. The lowest BCUT2D eigenvalue weighted by atomic mass is 10.2. The maximum Gasteiger partial charge on any atom is 0.211 e. The fourth-order valence-corrected chi connectivity index (χ4v) is 4.19. The lowest BCUT2D eigenvalue weighted by Gasteiger charge is -2.23. The minimum absolute atomic E-state index is 0.0570. The minimum atomic E-state index is -3.18. The van der Waals surface area contributed by atoms with Crippen LogP contribution in [0.25, 0.3) is 0 Å². The van der Waals surface area contributed by atoms with E-state index in [2.05, 4.69) is 15.6 Å². The zero-order valence-corrected chi connectivity index (χ0v) is 16.6. The minimum Gasteiger partial charge on any atom is -0.493 e. The number of benzene rings is 1. The summed E-state index contributed by atoms with van der Waals surface area (Å²) in [7, 11) is 0.0875. The second-order valence-corrected chi connectivity index (χ2v) is 7.98. The molecule has 1 aliphatic rings. The van der Waals surface area contributed by atoms with Gasteiger partial charge in [-0.05, 0) is 31.9 Å². The van der Waals surface area contributed by atoms with Crippen LogP contribution in [0.2, 0.25) is 0 Å². The first-order valence-corrected chi connectivity index (χ1v) is 10.5. The van der Waals surface area contributed by atoms with Crippen LogP contribution in [0.15, 0.2) is 23.2 Å². The van der Waals surface area contributed by atoms with Crippen LogP contribution in [0.3, 0.4) is 0 Å². The number of nitrogens with zero attached hydrogens (tertiary/aromatic N) is 2. The van der Waals surface area contributed by atoms with Crippen LogP contribution in [0.5, 0.6) is 11.5 Å². The lowest BCUT2D eigenvalue weighted by molar-refractivity contribution is 0.311. The molecular weight excluding hydrogens is 356 g/mol. The molecule has 1 aromatic carbocycles. The van der Waals surface area contributed by atoms with Crippen molar-refractivity contribution in [3.05, 3.63) is 18.2 Å². The maximum absolute atomic E-state index is 11.8. The van der Waals surface area contributed by atoms with E-state index in [9.17, 15) is 8.42 Å². The summed E-state index contributed by atoms with van der Waals surface area (Å²) in [6, 6.07) is 5.47. The average molecular weight is 385 g/mol. The number of hydrogen-bond acceptors (Lipinski definition) is 5. The fourth-order valence-electron chi connectivity index (χ4n) is 3.00. The van der Waals surface area contributed by atoms with Crippen LogP contribution in [-0.4, -0.2) is 64.8 Å². The van der Waals surface area contributed by atoms with Gasteiger partial charge in [0.25, 0.3) is 0 Å². The van der Waals surface area contributed by atoms with Crippen molar-refractivity contribution >= 4 is 21.7 Å². The Balaban J connectivity index is 2.01. The van der Waals surface area contributed by atoms with Gasteiger partial charge in [-0.3, -0.25) is 4.99 Å². The lowest BCUT2D eigenvalue weighted by Crippen LogP contribution is -2.44. The molecule has 0 aromatic heterocycles. The van der Waals surface area contributed by atoms with Gasteiger partial charge in [0.1, 0.15) is 0 Å². The molecule has 0 radical (unpaired) electrons. The highest BCUT2D eigenvalue weighted by molar-refractivity contribution is 7.88. The summed E-state index contributed by atoms with van der Waals surface area (Å²) >= 11 is 0. The number of ether oxygens (including phenoxy) is 2. The van der Waals surface area contributed by atoms with Crippen LogP contribution in [0.4, 0.5) is 5.69 Å². The standard InChI is InChI=1S/C17H28N4O4S/c1-5-25-16-11-13(8-9-15(16)24-3)20-17(18-2)19-12-14-7-6-10-21(14)26(4,22)23/h8-9,11,14H,5-7,10,12H2,1-4H3,(H2,18,19,20)/t14-/m1/s1. The van der Waals surface area contributed by atoms with Gasteiger partial charge in [0.2, 0.25) is 10.0 Å². The van der Waals surface area contributed by atoms with E-state index in [1.54, 1.807) is 18.5 Å². The zero-order chi connectivity index (χ0) is 19.2. The molecule has 1 saturated heterocycles. The molecule has 0 bridgehead atoms. The Kier molecular flexibility index (Phi) is 7.10. The summed E-state index contributed by atoms with van der Waals surface area (Å²) in [4.78, 5) is 4.20. The predicted octanol–water partition coefficient (Wildman–Crippen LogP) is 1.51. The summed E-state index contributed by atoms with van der Waals surface area (Å²) in [5.41, 5.74) is 0.800. The van der Waals surface area contributed by atoms with E-state index in [1.165, 1.54) is 6.26 Å². The smallest absolute Gasteiger partial charge is 0.211 e. The fraction of sp³-hybridized carbons (Fsp3) is 0.588. The zero-order valence-electron chi connectivity index (χ0n) is 15.8. The Bertz CT molecular complexity index is 736. The van der Waals surface area contributed by atoms with Crippen molar-refractivity contribution in [1.29, 1.82) is 0 Å². The summed E-state index contributed by atoms with van der Waals surface area (Å²) in [6.45, 7) is 3.53. The van der Waals surface area contributed by atoms with E-state index in [4.69, 9.17) is 9.47 Å². The first kappa shape index (κ1) is 20.3. The maximum atomic E-state index is 11.8. The number of guanidine groups is 1. The molecule has 1 aliphatic heterocycles. The molecule has 9 heteroatoms. The monoisotopic (exact) mass is 384 g/mol. The van der Waals surface area contributed by atoms with E-state index in [1.807, 2.05) is 25.1 Å². The van der Waals surface area contributed by atoms with Gasteiger partial charge in [-0.1, -0.05) is 0 Å². The van der Waals surface area contributed by atoms with Crippen molar-refractivity contribution < 1.29 is 17.9 Å². The molecule has 2 N–H and O–H groups in total. The summed E-state index contributed by atoms with van der Waals surface area (Å²) in [5, 5.41) is 6.39.